The maximum Gasteiger partial charge on any atom is 0.349 e. The molecular formula is C17H16O4. The second-order valence-electron chi connectivity index (χ2n) is 4.67. The van der Waals surface area contributed by atoms with Crippen molar-refractivity contribution in [2.75, 3.05) is 6.61 Å². The van der Waals surface area contributed by atoms with Gasteiger partial charge in [0.1, 0.15) is 17.8 Å². The van der Waals surface area contributed by atoms with Gasteiger partial charge in [0.2, 0.25) is 0 Å². The summed E-state index contributed by atoms with van der Waals surface area (Å²) < 4.78 is 10.7. The first kappa shape index (κ1) is 14.8. The largest absolute Gasteiger partial charge is 0.481 e. The molecule has 0 spiro atoms. The zero-order chi connectivity index (χ0) is 15.2. The van der Waals surface area contributed by atoms with Crippen LogP contribution in [-0.2, 0) is 4.79 Å². The highest BCUT2D eigenvalue weighted by atomic mass is 16.6. The van der Waals surface area contributed by atoms with E-state index < -0.39 is 5.97 Å². The van der Waals surface area contributed by atoms with Gasteiger partial charge in [0, 0.05) is 5.56 Å². The smallest absolute Gasteiger partial charge is 0.349 e. The highest BCUT2D eigenvalue weighted by molar-refractivity contribution is 5.76. The fourth-order valence-corrected chi connectivity index (χ4v) is 1.93. The maximum atomic E-state index is 11.7. The molecule has 0 aliphatic heterocycles. The number of hydrogen-bond acceptors (Lipinski definition) is 4. The molecule has 108 valence electrons. The van der Waals surface area contributed by atoms with Crippen LogP contribution in [0.1, 0.15) is 21.5 Å². The zero-order valence-corrected chi connectivity index (χ0v) is 12.0. The molecule has 0 saturated heterocycles. The first-order valence-corrected chi connectivity index (χ1v) is 6.55. The van der Waals surface area contributed by atoms with Crippen LogP contribution >= 0.6 is 0 Å². The number of carbonyl (C=O) groups is 2. The van der Waals surface area contributed by atoms with E-state index in [1.165, 1.54) is 0 Å². The third-order valence-electron chi connectivity index (χ3n) is 2.99. The zero-order valence-electron chi connectivity index (χ0n) is 12.0. The van der Waals surface area contributed by atoms with E-state index in [9.17, 15) is 9.59 Å². The first-order valence-electron chi connectivity index (χ1n) is 6.55. The standard InChI is InChI=1S/C17H16O4/c1-12-4-3-5-13(2)17(12)20-11-16(19)21-15-8-6-14(10-18)7-9-15/h3-10H,11H2,1-2H3. The van der Waals surface area contributed by atoms with Gasteiger partial charge in [0.25, 0.3) is 0 Å². The predicted molar refractivity (Wildman–Crippen MR) is 78.9 cm³/mol. The van der Waals surface area contributed by atoms with Crippen LogP contribution in [0.5, 0.6) is 11.5 Å². The molecule has 2 aromatic carbocycles. The van der Waals surface area contributed by atoms with E-state index in [1.54, 1.807) is 24.3 Å². The van der Waals surface area contributed by atoms with Crippen molar-refractivity contribution < 1.29 is 19.1 Å². The van der Waals surface area contributed by atoms with Crippen LogP contribution in [-0.4, -0.2) is 18.9 Å². The minimum absolute atomic E-state index is 0.166. The van der Waals surface area contributed by atoms with Gasteiger partial charge in [-0.25, -0.2) is 4.79 Å². The average molecular weight is 284 g/mol. The Morgan fingerprint density at radius 2 is 1.67 bits per heavy atom. The van der Waals surface area contributed by atoms with Crippen molar-refractivity contribution in [3.05, 3.63) is 59.2 Å². The van der Waals surface area contributed by atoms with Crippen LogP contribution < -0.4 is 9.47 Å². The van der Waals surface area contributed by atoms with Gasteiger partial charge in [0.15, 0.2) is 6.61 Å². The number of esters is 1. The summed E-state index contributed by atoms with van der Waals surface area (Å²) in [5.41, 5.74) is 2.47. The Morgan fingerprint density at radius 3 is 2.24 bits per heavy atom. The number of para-hydroxylation sites is 1. The molecule has 0 N–H and O–H groups in total. The second kappa shape index (κ2) is 6.70. The molecule has 0 fully saturated rings. The van der Waals surface area contributed by atoms with Gasteiger partial charge in [-0.1, -0.05) is 18.2 Å². The Hall–Kier alpha value is -2.62. The van der Waals surface area contributed by atoms with E-state index in [0.29, 0.717) is 17.1 Å². The van der Waals surface area contributed by atoms with Crippen molar-refractivity contribution in [1.82, 2.24) is 0 Å². The summed E-state index contributed by atoms with van der Waals surface area (Å²) in [5.74, 6) is 0.595. The molecule has 0 unspecified atom stereocenters. The van der Waals surface area contributed by atoms with Crippen molar-refractivity contribution in [1.29, 1.82) is 0 Å². The first-order chi connectivity index (χ1) is 10.1. The fraction of sp³-hybridized carbons (Fsp3) is 0.176. The molecule has 4 heteroatoms. The lowest BCUT2D eigenvalue weighted by Gasteiger charge is -2.11. The SMILES string of the molecule is Cc1cccc(C)c1OCC(=O)Oc1ccc(C=O)cc1. The van der Waals surface area contributed by atoms with Crippen LogP contribution in [0.3, 0.4) is 0 Å². The molecule has 0 aromatic heterocycles. The van der Waals surface area contributed by atoms with E-state index in [2.05, 4.69) is 0 Å². The van der Waals surface area contributed by atoms with Crippen molar-refractivity contribution in [2.45, 2.75) is 13.8 Å². The summed E-state index contributed by atoms with van der Waals surface area (Å²) in [6.07, 6.45) is 0.732. The summed E-state index contributed by atoms with van der Waals surface area (Å²) in [6, 6.07) is 12.1. The Balaban J connectivity index is 1.94. The monoisotopic (exact) mass is 284 g/mol. The number of ether oxygens (including phenoxy) is 2. The van der Waals surface area contributed by atoms with Crippen molar-refractivity contribution >= 4 is 12.3 Å². The molecule has 0 radical (unpaired) electrons. The maximum absolute atomic E-state index is 11.7. The number of aryl methyl sites for hydroxylation is 2. The molecule has 2 rings (SSSR count). The van der Waals surface area contributed by atoms with Gasteiger partial charge < -0.3 is 9.47 Å². The molecule has 4 nitrogen and oxygen atoms in total. The van der Waals surface area contributed by atoms with Gasteiger partial charge in [-0.2, -0.15) is 0 Å². The minimum Gasteiger partial charge on any atom is -0.481 e. The highest BCUT2D eigenvalue weighted by Gasteiger charge is 2.09. The molecule has 0 aliphatic rings. The van der Waals surface area contributed by atoms with Crippen LogP contribution in [0.2, 0.25) is 0 Å². The average Bonchev–Trinajstić information content (AvgIpc) is 2.47. The number of benzene rings is 2. The van der Waals surface area contributed by atoms with Crippen LogP contribution in [0, 0.1) is 13.8 Å². The van der Waals surface area contributed by atoms with Gasteiger partial charge in [-0.3, -0.25) is 4.79 Å². The number of carbonyl (C=O) groups excluding carboxylic acids is 2. The lowest BCUT2D eigenvalue weighted by Crippen LogP contribution is -2.18. The lowest BCUT2D eigenvalue weighted by molar-refractivity contribution is -0.136. The molecule has 0 saturated carbocycles. The van der Waals surface area contributed by atoms with E-state index in [1.807, 2.05) is 32.0 Å². The third kappa shape index (κ3) is 3.92. The molecule has 0 atom stereocenters. The van der Waals surface area contributed by atoms with Gasteiger partial charge >= 0.3 is 5.97 Å². The Morgan fingerprint density at radius 1 is 1.05 bits per heavy atom. The van der Waals surface area contributed by atoms with Crippen molar-refractivity contribution in [3.63, 3.8) is 0 Å². The quantitative estimate of drug-likeness (QED) is 0.481. The van der Waals surface area contributed by atoms with E-state index in [4.69, 9.17) is 9.47 Å². The molecule has 0 aliphatic carbocycles. The second-order valence-corrected chi connectivity index (χ2v) is 4.67. The number of rotatable bonds is 5. The van der Waals surface area contributed by atoms with E-state index in [0.717, 1.165) is 17.4 Å². The third-order valence-corrected chi connectivity index (χ3v) is 2.99. The molecule has 0 bridgehead atoms. The van der Waals surface area contributed by atoms with Gasteiger partial charge in [-0.15, -0.1) is 0 Å². The lowest BCUT2D eigenvalue weighted by atomic mass is 10.1. The minimum atomic E-state index is -0.489. The molecule has 21 heavy (non-hydrogen) atoms. The van der Waals surface area contributed by atoms with Crippen molar-refractivity contribution in [3.8, 4) is 11.5 Å². The Labute approximate surface area is 123 Å². The molecule has 0 amide bonds. The van der Waals surface area contributed by atoms with Gasteiger partial charge in [-0.05, 0) is 49.2 Å². The van der Waals surface area contributed by atoms with Crippen LogP contribution in [0.15, 0.2) is 42.5 Å². The normalized spacial score (nSPS) is 10.0. The van der Waals surface area contributed by atoms with Gasteiger partial charge in [0.05, 0.1) is 0 Å². The summed E-state index contributed by atoms with van der Waals surface area (Å²) in [6.45, 7) is 3.68. The predicted octanol–water partition coefficient (Wildman–Crippen LogP) is 3.10. The summed E-state index contributed by atoms with van der Waals surface area (Å²) in [5, 5.41) is 0. The Kier molecular flexibility index (Phi) is 4.72. The van der Waals surface area contributed by atoms with E-state index in [-0.39, 0.29) is 6.61 Å². The molecule has 2 aromatic rings. The van der Waals surface area contributed by atoms with Crippen molar-refractivity contribution in [2.24, 2.45) is 0 Å². The van der Waals surface area contributed by atoms with Crippen LogP contribution in [0.4, 0.5) is 0 Å². The van der Waals surface area contributed by atoms with Crippen LogP contribution in [0.25, 0.3) is 0 Å². The highest BCUT2D eigenvalue weighted by Crippen LogP contribution is 2.22. The summed E-state index contributed by atoms with van der Waals surface area (Å²) in [4.78, 5) is 22.3. The Bertz CT molecular complexity index is 624. The number of hydrogen-bond donors (Lipinski definition) is 0. The fourth-order valence-electron chi connectivity index (χ4n) is 1.93. The molecular weight excluding hydrogens is 268 g/mol. The number of aldehydes is 1. The molecule has 0 heterocycles. The summed E-state index contributed by atoms with van der Waals surface area (Å²) in [7, 11) is 0. The summed E-state index contributed by atoms with van der Waals surface area (Å²) >= 11 is 0. The topological polar surface area (TPSA) is 52.6 Å². The van der Waals surface area contributed by atoms with E-state index >= 15 is 0 Å².